The van der Waals surface area contributed by atoms with Gasteiger partial charge in [0.15, 0.2) is 12.4 Å². The first-order chi connectivity index (χ1) is 12.9. The van der Waals surface area contributed by atoms with Crippen molar-refractivity contribution in [1.82, 2.24) is 10.1 Å². The lowest BCUT2D eigenvalue weighted by Gasteiger charge is -2.09. The van der Waals surface area contributed by atoms with Gasteiger partial charge in [0.25, 0.3) is 11.8 Å². The Morgan fingerprint density at radius 1 is 1.26 bits per heavy atom. The summed E-state index contributed by atoms with van der Waals surface area (Å²) in [5, 5.41) is 6.58. The van der Waals surface area contributed by atoms with Crippen LogP contribution in [-0.2, 0) is 4.79 Å². The van der Waals surface area contributed by atoms with Crippen molar-refractivity contribution in [3.63, 3.8) is 0 Å². The highest BCUT2D eigenvalue weighted by Crippen LogP contribution is 2.24. The molecule has 1 aromatic heterocycles. The summed E-state index contributed by atoms with van der Waals surface area (Å²) in [6.45, 7) is 3.80. The Hall–Kier alpha value is -2.74. The number of ether oxygens (including phenoxy) is 1. The summed E-state index contributed by atoms with van der Waals surface area (Å²) in [6.07, 6.45) is 0. The second-order valence-electron chi connectivity index (χ2n) is 6.10. The van der Waals surface area contributed by atoms with Gasteiger partial charge in [0.1, 0.15) is 11.6 Å². The fourth-order valence-corrected chi connectivity index (χ4v) is 2.66. The minimum absolute atomic E-state index is 0.179. The Labute approximate surface area is 163 Å². The van der Waals surface area contributed by atoms with E-state index < -0.39 is 5.82 Å². The van der Waals surface area contributed by atoms with Crippen molar-refractivity contribution in [2.45, 2.75) is 19.8 Å². The van der Waals surface area contributed by atoms with Crippen LogP contribution in [0.2, 0.25) is 0 Å². The predicted octanol–water partition coefficient (Wildman–Crippen LogP) is 4.78. The largest absolute Gasteiger partial charge is 0.484 e. The molecule has 140 valence electrons. The number of amides is 1. The zero-order valence-electron chi connectivity index (χ0n) is 14.7. The molecule has 8 heteroatoms. The molecule has 0 aliphatic rings. The van der Waals surface area contributed by atoms with Crippen molar-refractivity contribution >= 4 is 27.5 Å². The van der Waals surface area contributed by atoms with E-state index in [9.17, 15) is 9.18 Å². The van der Waals surface area contributed by atoms with E-state index in [2.05, 4.69) is 31.4 Å². The van der Waals surface area contributed by atoms with E-state index in [1.54, 1.807) is 24.3 Å². The number of hydrogen-bond acceptors (Lipinski definition) is 5. The number of rotatable bonds is 6. The van der Waals surface area contributed by atoms with Crippen LogP contribution in [0.3, 0.4) is 0 Å². The van der Waals surface area contributed by atoms with Crippen LogP contribution in [0.1, 0.15) is 25.6 Å². The molecule has 0 aliphatic heterocycles. The molecule has 1 heterocycles. The number of aromatic nitrogens is 2. The first-order valence-corrected chi connectivity index (χ1v) is 9.03. The summed E-state index contributed by atoms with van der Waals surface area (Å²) >= 11 is 3.20. The standard InChI is InChI=1S/C19H17BrFN3O3/c1-11(2)18-23-19(27-24-18)12-3-6-14(7-4-12)26-10-17(25)22-16-8-5-13(21)9-15(16)20/h3-9,11H,10H2,1-2H3,(H,22,25). The molecule has 0 fully saturated rings. The molecule has 2 aromatic carbocycles. The average molecular weight is 434 g/mol. The number of nitrogens with one attached hydrogen (secondary N) is 1. The Morgan fingerprint density at radius 3 is 2.63 bits per heavy atom. The maximum atomic E-state index is 13.1. The molecule has 3 rings (SSSR count). The van der Waals surface area contributed by atoms with Crippen LogP contribution in [0, 0.1) is 5.82 Å². The second-order valence-corrected chi connectivity index (χ2v) is 6.95. The SMILES string of the molecule is CC(C)c1noc(-c2ccc(OCC(=O)Nc3ccc(F)cc3Br)cc2)n1. The van der Waals surface area contributed by atoms with Gasteiger partial charge in [-0.3, -0.25) is 4.79 Å². The molecule has 0 spiro atoms. The zero-order chi connectivity index (χ0) is 19.4. The van der Waals surface area contributed by atoms with E-state index in [0.29, 0.717) is 27.6 Å². The molecule has 1 N–H and O–H groups in total. The number of hydrogen-bond donors (Lipinski definition) is 1. The van der Waals surface area contributed by atoms with Crippen molar-refractivity contribution in [1.29, 1.82) is 0 Å². The molecular formula is C19H17BrFN3O3. The minimum Gasteiger partial charge on any atom is -0.484 e. The fourth-order valence-electron chi connectivity index (χ4n) is 2.21. The van der Waals surface area contributed by atoms with Gasteiger partial charge in [-0.1, -0.05) is 19.0 Å². The van der Waals surface area contributed by atoms with Gasteiger partial charge >= 0.3 is 0 Å². The van der Waals surface area contributed by atoms with E-state index >= 15 is 0 Å². The highest BCUT2D eigenvalue weighted by atomic mass is 79.9. The number of halogens is 2. The average Bonchev–Trinajstić information content (AvgIpc) is 3.13. The van der Waals surface area contributed by atoms with Crippen molar-refractivity contribution in [3.05, 3.63) is 58.6 Å². The molecule has 1 amide bonds. The topological polar surface area (TPSA) is 77.2 Å². The van der Waals surface area contributed by atoms with Crippen LogP contribution < -0.4 is 10.1 Å². The quantitative estimate of drug-likeness (QED) is 0.605. The third-order valence-corrected chi connectivity index (χ3v) is 4.29. The molecule has 0 bridgehead atoms. The molecule has 3 aromatic rings. The van der Waals surface area contributed by atoms with Gasteiger partial charge in [-0.2, -0.15) is 4.98 Å². The number of carbonyl (C=O) groups excluding carboxylic acids is 1. The van der Waals surface area contributed by atoms with Gasteiger partial charge in [0.05, 0.1) is 5.69 Å². The Kier molecular flexibility index (Phi) is 5.85. The lowest BCUT2D eigenvalue weighted by molar-refractivity contribution is -0.118. The highest BCUT2D eigenvalue weighted by Gasteiger charge is 2.12. The van der Waals surface area contributed by atoms with Crippen molar-refractivity contribution < 1.29 is 18.4 Å². The first-order valence-electron chi connectivity index (χ1n) is 8.24. The first kappa shape index (κ1) is 19.0. The Morgan fingerprint density at radius 2 is 2.00 bits per heavy atom. The lowest BCUT2D eigenvalue weighted by atomic mass is 10.2. The third kappa shape index (κ3) is 4.91. The van der Waals surface area contributed by atoms with Gasteiger partial charge in [0, 0.05) is 16.0 Å². The molecule has 0 saturated heterocycles. The number of anilines is 1. The highest BCUT2D eigenvalue weighted by molar-refractivity contribution is 9.10. The normalized spacial score (nSPS) is 10.9. The second kappa shape index (κ2) is 8.30. The number of benzene rings is 2. The summed E-state index contributed by atoms with van der Waals surface area (Å²) in [6, 6.07) is 11.0. The van der Waals surface area contributed by atoms with Crippen molar-refractivity contribution in [2.75, 3.05) is 11.9 Å². The molecule has 0 aliphatic carbocycles. The van der Waals surface area contributed by atoms with E-state index in [4.69, 9.17) is 9.26 Å². The van der Waals surface area contributed by atoms with Crippen LogP contribution in [0.4, 0.5) is 10.1 Å². The van der Waals surface area contributed by atoms with Crippen LogP contribution in [-0.4, -0.2) is 22.7 Å². The van der Waals surface area contributed by atoms with Crippen LogP contribution in [0.15, 0.2) is 51.5 Å². The van der Waals surface area contributed by atoms with Gasteiger partial charge < -0.3 is 14.6 Å². The summed E-state index contributed by atoms with van der Waals surface area (Å²) in [5.74, 6) is 1.04. The molecule has 27 heavy (non-hydrogen) atoms. The third-order valence-electron chi connectivity index (χ3n) is 3.63. The molecule has 0 radical (unpaired) electrons. The maximum absolute atomic E-state index is 13.1. The molecular weight excluding hydrogens is 417 g/mol. The summed E-state index contributed by atoms with van der Waals surface area (Å²) in [5.41, 5.74) is 1.24. The van der Waals surface area contributed by atoms with E-state index in [1.165, 1.54) is 18.2 Å². The summed E-state index contributed by atoms with van der Waals surface area (Å²) < 4.78 is 24.2. The van der Waals surface area contributed by atoms with Gasteiger partial charge in [-0.25, -0.2) is 4.39 Å². The lowest BCUT2D eigenvalue weighted by Crippen LogP contribution is -2.20. The number of nitrogens with zero attached hydrogens (tertiary/aromatic N) is 2. The van der Waals surface area contributed by atoms with Crippen molar-refractivity contribution in [3.8, 4) is 17.2 Å². The summed E-state index contributed by atoms with van der Waals surface area (Å²) in [4.78, 5) is 16.3. The van der Waals surface area contributed by atoms with E-state index in [-0.39, 0.29) is 18.4 Å². The Balaban J connectivity index is 1.57. The van der Waals surface area contributed by atoms with Crippen LogP contribution in [0.25, 0.3) is 11.5 Å². The molecule has 0 saturated carbocycles. The summed E-state index contributed by atoms with van der Waals surface area (Å²) in [7, 11) is 0. The van der Waals surface area contributed by atoms with Crippen LogP contribution in [0.5, 0.6) is 5.75 Å². The van der Waals surface area contributed by atoms with Gasteiger partial charge in [0.2, 0.25) is 0 Å². The molecule has 6 nitrogen and oxygen atoms in total. The monoisotopic (exact) mass is 433 g/mol. The zero-order valence-corrected chi connectivity index (χ0v) is 16.3. The van der Waals surface area contributed by atoms with E-state index in [1.807, 2.05) is 13.8 Å². The van der Waals surface area contributed by atoms with Gasteiger partial charge in [-0.05, 0) is 58.4 Å². The smallest absolute Gasteiger partial charge is 0.262 e. The fraction of sp³-hybridized carbons (Fsp3) is 0.211. The molecule has 0 unspecified atom stereocenters. The number of carbonyl (C=O) groups is 1. The Bertz CT molecular complexity index is 942. The molecule has 0 atom stereocenters. The maximum Gasteiger partial charge on any atom is 0.262 e. The predicted molar refractivity (Wildman–Crippen MR) is 102 cm³/mol. The van der Waals surface area contributed by atoms with E-state index in [0.717, 1.165) is 5.56 Å². The van der Waals surface area contributed by atoms with Gasteiger partial charge in [-0.15, -0.1) is 0 Å². The van der Waals surface area contributed by atoms with Crippen LogP contribution >= 0.6 is 15.9 Å². The minimum atomic E-state index is -0.391. The van der Waals surface area contributed by atoms with Crippen molar-refractivity contribution in [2.24, 2.45) is 0 Å².